The van der Waals surface area contributed by atoms with E-state index in [1.807, 2.05) is 18.3 Å². The smallest absolute Gasteiger partial charge is 0.213 e. The lowest BCUT2D eigenvalue weighted by Crippen LogP contribution is -2.36. The quantitative estimate of drug-likeness (QED) is 0.448. The van der Waals surface area contributed by atoms with Crippen LogP contribution in [0.15, 0.2) is 41.5 Å². The molecule has 0 spiro atoms. The highest BCUT2D eigenvalue weighted by atomic mass is 16.5. The van der Waals surface area contributed by atoms with Gasteiger partial charge in [-0.1, -0.05) is 25.1 Å². The Hall–Kier alpha value is -2.80. The van der Waals surface area contributed by atoms with Crippen LogP contribution in [-0.2, 0) is 17.8 Å². The van der Waals surface area contributed by atoms with E-state index in [0.29, 0.717) is 38.1 Å². The van der Waals surface area contributed by atoms with Crippen molar-refractivity contribution in [2.45, 2.75) is 39.8 Å². The molecule has 1 aromatic carbocycles. The minimum absolute atomic E-state index is 0.475. The van der Waals surface area contributed by atoms with Gasteiger partial charge in [-0.25, -0.2) is 4.98 Å². The summed E-state index contributed by atoms with van der Waals surface area (Å²) in [7, 11) is 1.77. The molecule has 0 saturated carbocycles. The van der Waals surface area contributed by atoms with Gasteiger partial charge in [0.1, 0.15) is 5.75 Å². The summed E-state index contributed by atoms with van der Waals surface area (Å²) in [4.78, 5) is 8.66. The Labute approximate surface area is 185 Å². The molecule has 1 aromatic heterocycles. The van der Waals surface area contributed by atoms with E-state index in [1.54, 1.807) is 7.05 Å². The Morgan fingerprint density at radius 3 is 2.77 bits per heavy atom. The summed E-state index contributed by atoms with van der Waals surface area (Å²) in [6, 6.07) is 10.2. The van der Waals surface area contributed by atoms with Gasteiger partial charge in [-0.2, -0.15) is 0 Å². The molecule has 0 radical (unpaired) electrons. The van der Waals surface area contributed by atoms with Crippen LogP contribution in [0.5, 0.6) is 11.6 Å². The largest absolute Gasteiger partial charge is 0.493 e. The zero-order valence-corrected chi connectivity index (χ0v) is 18.8. The van der Waals surface area contributed by atoms with E-state index in [1.165, 1.54) is 5.56 Å². The van der Waals surface area contributed by atoms with E-state index < -0.39 is 0 Å². The Kier molecular flexibility index (Phi) is 8.97. The van der Waals surface area contributed by atoms with Crippen LogP contribution in [0.1, 0.15) is 36.5 Å². The number of nitrogens with zero attached hydrogens (tertiary/aromatic N) is 2. The zero-order chi connectivity index (χ0) is 21.9. The average Bonchev–Trinajstić information content (AvgIpc) is 3.32. The van der Waals surface area contributed by atoms with Crippen LogP contribution in [0.3, 0.4) is 0 Å². The molecular formula is C24H34N4O3. The predicted molar refractivity (Wildman–Crippen MR) is 123 cm³/mol. The molecule has 1 atom stereocenters. The summed E-state index contributed by atoms with van der Waals surface area (Å²) in [6.45, 7) is 8.40. The molecule has 1 aliphatic heterocycles. The number of pyridine rings is 1. The fraction of sp³-hybridized carbons (Fsp3) is 0.500. The Balaban J connectivity index is 1.50. The van der Waals surface area contributed by atoms with Gasteiger partial charge < -0.3 is 24.8 Å². The molecule has 2 aromatic rings. The van der Waals surface area contributed by atoms with E-state index in [-0.39, 0.29) is 0 Å². The van der Waals surface area contributed by atoms with Gasteiger partial charge in [0.15, 0.2) is 5.96 Å². The fourth-order valence-corrected chi connectivity index (χ4v) is 3.26. The second kappa shape index (κ2) is 12.2. The molecule has 3 rings (SSSR count). The lowest BCUT2D eigenvalue weighted by Gasteiger charge is -2.17. The number of nitrogens with one attached hydrogen (secondary N) is 2. The summed E-state index contributed by atoms with van der Waals surface area (Å²) < 4.78 is 17.1. The van der Waals surface area contributed by atoms with E-state index in [4.69, 9.17) is 14.2 Å². The number of aryl methyl sites for hydroxylation is 1. The van der Waals surface area contributed by atoms with Crippen LogP contribution >= 0.6 is 0 Å². The SMILES string of the molecule is CCCOc1ccc(CNC(=NC)NCc2ccc(C)cc2OCC2CCOC2)cn1. The van der Waals surface area contributed by atoms with Crippen molar-refractivity contribution in [2.75, 3.05) is 33.5 Å². The minimum atomic E-state index is 0.475. The van der Waals surface area contributed by atoms with Gasteiger partial charge in [0.25, 0.3) is 0 Å². The van der Waals surface area contributed by atoms with Crippen molar-refractivity contribution in [3.8, 4) is 11.6 Å². The first-order valence-electron chi connectivity index (χ1n) is 11.0. The molecule has 1 unspecified atom stereocenters. The van der Waals surface area contributed by atoms with Gasteiger partial charge in [0.2, 0.25) is 5.88 Å². The van der Waals surface area contributed by atoms with Crippen LogP contribution in [-0.4, -0.2) is 44.4 Å². The van der Waals surface area contributed by atoms with Crippen molar-refractivity contribution in [3.63, 3.8) is 0 Å². The maximum absolute atomic E-state index is 6.14. The lowest BCUT2D eigenvalue weighted by molar-refractivity contribution is 0.166. The Bertz CT molecular complexity index is 833. The normalized spacial score (nSPS) is 16.2. The van der Waals surface area contributed by atoms with Crippen LogP contribution in [0.25, 0.3) is 0 Å². The van der Waals surface area contributed by atoms with Crippen LogP contribution in [0.4, 0.5) is 0 Å². The number of aliphatic imine (C=N–C) groups is 1. The van der Waals surface area contributed by atoms with Gasteiger partial charge >= 0.3 is 0 Å². The molecule has 0 bridgehead atoms. The maximum atomic E-state index is 6.14. The van der Waals surface area contributed by atoms with Crippen molar-refractivity contribution in [1.29, 1.82) is 0 Å². The number of hydrogen-bond donors (Lipinski definition) is 2. The number of aromatic nitrogens is 1. The van der Waals surface area contributed by atoms with Gasteiger partial charge in [0.05, 0.1) is 19.8 Å². The summed E-state index contributed by atoms with van der Waals surface area (Å²) in [5, 5.41) is 6.70. The van der Waals surface area contributed by atoms with Crippen molar-refractivity contribution < 1.29 is 14.2 Å². The first-order chi connectivity index (χ1) is 15.2. The Morgan fingerprint density at radius 1 is 1.19 bits per heavy atom. The minimum Gasteiger partial charge on any atom is -0.493 e. The molecule has 0 amide bonds. The monoisotopic (exact) mass is 426 g/mol. The highest BCUT2D eigenvalue weighted by Gasteiger charge is 2.17. The molecule has 0 aliphatic carbocycles. The molecule has 1 saturated heterocycles. The number of ether oxygens (including phenoxy) is 3. The van der Waals surface area contributed by atoms with Crippen molar-refractivity contribution >= 4 is 5.96 Å². The number of hydrogen-bond acceptors (Lipinski definition) is 5. The second-order valence-electron chi connectivity index (χ2n) is 7.78. The summed E-state index contributed by atoms with van der Waals surface area (Å²) in [5.74, 6) is 2.77. The van der Waals surface area contributed by atoms with E-state index in [9.17, 15) is 0 Å². The maximum Gasteiger partial charge on any atom is 0.213 e. The molecule has 7 nitrogen and oxygen atoms in total. The van der Waals surface area contributed by atoms with Gasteiger partial charge in [-0.05, 0) is 37.0 Å². The zero-order valence-electron chi connectivity index (χ0n) is 18.8. The molecule has 168 valence electrons. The Morgan fingerprint density at radius 2 is 2.06 bits per heavy atom. The molecule has 7 heteroatoms. The van der Waals surface area contributed by atoms with E-state index >= 15 is 0 Å². The van der Waals surface area contributed by atoms with Gasteiger partial charge in [-0.3, -0.25) is 4.99 Å². The van der Waals surface area contributed by atoms with Gasteiger partial charge in [-0.15, -0.1) is 0 Å². The first-order valence-corrected chi connectivity index (χ1v) is 11.0. The average molecular weight is 427 g/mol. The lowest BCUT2D eigenvalue weighted by atomic mass is 10.1. The third kappa shape index (κ3) is 7.43. The van der Waals surface area contributed by atoms with Crippen LogP contribution in [0, 0.1) is 12.8 Å². The third-order valence-electron chi connectivity index (χ3n) is 5.10. The molecule has 1 aliphatic rings. The fourth-order valence-electron chi connectivity index (χ4n) is 3.26. The van der Waals surface area contributed by atoms with Crippen molar-refractivity contribution in [1.82, 2.24) is 15.6 Å². The number of guanidine groups is 1. The van der Waals surface area contributed by atoms with E-state index in [2.05, 4.69) is 52.7 Å². The summed E-state index contributed by atoms with van der Waals surface area (Å²) in [6.07, 6.45) is 3.86. The standard InChI is InChI=1S/C24H34N4O3/c1-4-10-30-23-8-6-19(13-26-23)14-27-24(25-3)28-15-21-7-5-18(2)12-22(21)31-17-20-9-11-29-16-20/h5-8,12-13,20H,4,9-11,14-17H2,1-3H3,(H2,25,27,28). The molecule has 31 heavy (non-hydrogen) atoms. The van der Waals surface area contributed by atoms with Crippen molar-refractivity contribution in [2.24, 2.45) is 10.9 Å². The number of rotatable bonds is 10. The molecule has 2 heterocycles. The molecule has 1 fully saturated rings. The number of benzene rings is 1. The van der Waals surface area contributed by atoms with Gasteiger partial charge in [0, 0.05) is 50.5 Å². The molecule has 2 N–H and O–H groups in total. The second-order valence-corrected chi connectivity index (χ2v) is 7.78. The highest BCUT2D eigenvalue weighted by Crippen LogP contribution is 2.22. The van der Waals surface area contributed by atoms with Crippen LogP contribution < -0.4 is 20.1 Å². The van der Waals surface area contributed by atoms with Crippen molar-refractivity contribution in [3.05, 3.63) is 53.2 Å². The van der Waals surface area contributed by atoms with E-state index in [0.717, 1.165) is 48.9 Å². The van der Waals surface area contributed by atoms with Crippen LogP contribution in [0.2, 0.25) is 0 Å². The topological polar surface area (TPSA) is 77.0 Å². The summed E-state index contributed by atoms with van der Waals surface area (Å²) >= 11 is 0. The highest BCUT2D eigenvalue weighted by molar-refractivity contribution is 5.79. The molecular weight excluding hydrogens is 392 g/mol. The summed E-state index contributed by atoms with van der Waals surface area (Å²) in [5.41, 5.74) is 3.35. The predicted octanol–water partition coefficient (Wildman–Crippen LogP) is 3.46. The third-order valence-corrected chi connectivity index (χ3v) is 5.10. The first kappa shape index (κ1) is 22.9.